The lowest BCUT2D eigenvalue weighted by Gasteiger charge is -2.13. The Morgan fingerprint density at radius 3 is 1.38 bits per heavy atom. The fourth-order valence-corrected chi connectivity index (χ4v) is 5.80. The Kier molecular flexibility index (Phi) is 21.2. The number of hydrogen-bond acceptors (Lipinski definition) is 2. The van der Waals surface area contributed by atoms with Gasteiger partial charge >= 0.3 is 0 Å². The zero-order valence-corrected chi connectivity index (χ0v) is 23.4. The normalized spacial score (nSPS) is 11.3. The van der Waals surface area contributed by atoms with Gasteiger partial charge in [-0.3, -0.25) is 0 Å². The number of benzene rings is 1. The predicted octanol–water partition coefficient (Wildman–Crippen LogP) is 11.6. The maximum absolute atomic E-state index is 4.55. The molecule has 0 aliphatic heterocycles. The molecule has 32 heavy (non-hydrogen) atoms. The Bertz CT molecular complexity index is 526. The number of thiol groups is 1. The standard InChI is InChI=1S/C30H54S2/c1-3-5-7-9-11-13-15-17-19-21-24-28-25-23-27-30(32-31)29(28)26-22-20-18-16-14-12-10-8-6-4-2/h23,25,27,31H,3-22,24,26H2,1-2H3. The molecule has 0 unspecified atom stereocenters. The van der Waals surface area contributed by atoms with Crippen LogP contribution in [0.4, 0.5) is 0 Å². The Labute approximate surface area is 211 Å². The van der Waals surface area contributed by atoms with Gasteiger partial charge in [-0.25, -0.2) is 0 Å². The average Bonchev–Trinajstić information content (AvgIpc) is 2.81. The molecule has 0 aliphatic carbocycles. The van der Waals surface area contributed by atoms with Gasteiger partial charge in [0.05, 0.1) is 0 Å². The van der Waals surface area contributed by atoms with Gasteiger partial charge in [-0.05, 0) is 42.9 Å². The van der Waals surface area contributed by atoms with E-state index in [-0.39, 0.29) is 0 Å². The van der Waals surface area contributed by atoms with Crippen LogP contribution in [0.25, 0.3) is 0 Å². The summed E-state index contributed by atoms with van der Waals surface area (Å²) in [6, 6.07) is 6.89. The topological polar surface area (TPSA) is 0 Å². The third-order valence-corrected chi connectivity index (χ3v) is 8.08. The van der Waals surface area contributed by atoms with Crippen LogP contribution in [0.5, 0.6) is 0 Å². The summed E-state index contributed by atoms with van der Waals surface area (Å²) in [4.78, 5) is 1.40. The van der Waals surface area contributed by atoms with Gasteiger partial charge < -0.3 is 0 Å². The lowest BCUT2D eigenvalue weighted by Crippen LogP contribution is -1.98. The van der Waals surface area contributed by atoms with E-state index in [0.717, 1.165) is 0 Å². The minimum atomic E-state index is 1.24. The fraction of sp³-hybridized carbons (Fsp3) is 0.800. The van der Waals surface area contributed by atoms with Crippen molar-refractivity contribution in [2.45, 2.75) is 160 Å². The first-order valence-electron chi connectivity index (χ1n) is 14.3. The Morgan fingerprint density at radius 2 is 0.938 bits per heavy atom. The highest BCUT2D eigenvalue weighted by atomic mass is 33.1. The van der Waals surface area contributed by atoms with Crippen LogP contribution >= 0.6 is 22.5 Å². The van der Waals surface area contributed by atoms with Gasteiger partial charge in [0, 0.05) is 4.90 Å². The van der Waals surface area contributed by atoms with Crippen molar-refractivity contribution in [3.05, 3.63) is 29.3 Å². The highest BCUT2D eigenvalue weighted by Gasteiger charge is 2.08. The summed E-state index contributed by atoms with van der Waals surface area (Å²) in [5, 5.41) is 0. The van der Waals surface area contributed by atoms with Crippen molar-refractivity contribution in [3.63, 3.8) is 0 Å². The first kappa shape index (κ1) is 30.0. The van der Waals surface area contributed by atoms with E-state index in [4.69, 9.17) is 0 Å². The summed E-state index contributed by atoms with van der Waals surface area (Å²) in [5.74, 6) is 0. The van der Waals surface area contributed by atoms with Gasteiger partial charge in [-0.2, -0.15) is 0 Å². The summed E-state index contributed by atoms with van der Waals surface area (Å²) in [5.41, 5.74) is 3.20. The van der Waals surface area contributed by atoms with Crippen molar-refractivity contribution in [2.24, 2.45) is 0 Å². The van der Waals surface area contributed by atoms with Crippen LogP contribution in [0.1, 0.15) is 153 Å². The predicted molar refractivity (Wildman–Crippen MR) is 152 cm³/mol. The van der Waals surface area contributed by atoms with E-state index in [0.29, 0.717) is 0 Å². The van der Waals surface area contributed by atoms with Crippen molar-refractivity contribution >= 4 is 22.5 Å². The van der Waals surface area contributed by atoms with Crippen LogP contribution in [0.15, 0.2) is 23.1 Å². The van der Waals surface area contributed by atoms with Gasteiger partial charge in [-0.15, -0.1) is 11.7 Å². The van der Waals surface area contributed by atoms with Crippen LogP contribution < -0.4 is 0 Å². The molecular formula is C30H54S2. The highest BCUT2D eigenvalue weighted by molar-refractivity contribution is 8.68. The summed E-state index contributed by atoms with van der Waals surface area (Å²) >= 11 is 4.55. The maximum Gasteiger partial charge on any atom is 0.0215 e. The zero-order valence-electron chi connectivity index (χ0n) is 21.6. The third-order valence-electron chi connectivity index (χ3n) is 6.91. The Balaban J connectivity index is 2.19. The smallest absolute Gasteiger partial charge is 0.0215 e. The van der Waals surface area contributed by atoms with E-state index in [1.54, 1.807) is 21.9 Å². The number of rotatable bonds is 23. The maximum atomic E-state index is 4.55. The molecule has 0 bridgehead atoms. The second-order valence-corrected chi connectivity index (χ2v) is 11.0. The zero-order chi connectivity index (χ0) is 23.1. The average molecular weight is 479 g/mol. The van der Waals surface area contributed by atoms with Crippen molar-refractivity contribution in [3.8, 4) is 0 Å². The van der Waals surface area contributed by atoms with Crippen LogP contribution in [-0.2, 0) is 12.8 Å². The van der Waals surface area contributed by atoms with E-state index in [1.165, 1.54) is 146 Å². The molecule has 0 N–H and O–H groups in total. The first-order chi connectivity index (χ1) is 15.8. The van der Waals surface area contributed by atoms with E-state index < -0.39 is 0 Å². The van der Waals surface area contributed by atoms with Crippen LogP contribution in [0.3, 0.4) is 0 Å². The molecule has 0 nitrogen and oxygen atoms in total. The minimum Gasteiger partial charge on any atom is -0.106 e. The SMILES string of the molecule is CCCCCCCCCCCCc1cccc(SS)c1CCCCCCCCCCCC. The van der Waals surface area contributed by atoms with Gasteiger partial charge in [0.2, 0.25) is 0 Å². The molecule has 0 saturated carbocycles. The molecule has 0 spiro atoms. The molecule has 1 aromatic rings. The van der Waals surface area contributed by atoms with Crippen molar-refractivity contribution in [1.82, 2.24) is 0 Å². The van der Waals surface area contributed by atoms with Crippen molar-refractivity contribution < 1.29 is 0 Å². The molecule has 0 radical (unpaired) electrons. The van der Waals surface area contributed by atoms with Gasteiger partial charge in [-0.1, -0.05) is 152 Å². The number of aryl methyl sites for hydroxylation is 1. The third kappa shape index (κ3) is 15.7. The van der Waals surface area contributed by atoms with Crippen LogP contribution in [0, 0.1) is 0 Å². The van der Waals surface area contributed by atoms with Gasteiger partial charge in [0.1, 0.15) is 0 Å². The van der Waals surface area contributed by atoms with Crippen molar-refractivity contribution in [2.75, 3.05) is 0 Å². The minimum absolute atomic E-state index is 1.24. The van der Waals surface area contributed by atoms with Crippen molar-refractivity contribution in [1.29, 1.82) is 0 Å². The molecule has 0 aliphatic rings. The molecule has 1 aromatic carbocycles. The highest BCUT2D eigenvalue weighted by Crippen LogP contribution is 2.30. The van der Waals surface area contributed by atoms with Crippen LogP contribution in [-0.4, -0.2) is 0 Å². The Hall–Kier alpha value is -0.0800. The largest absolute Gasteiger partial charge is 0.106 e. The van der Waals surface area contributed by atoms with E-state index in [9.17, 15) is 0 Å². The first-order valence-corrected chi connectivity index (χ1v) is 16.1. The molecule has 0 amide bonds. The van der Waals surface area contributed by atoms with Gasteiger partial charge in [0.15, 0.2) is 0 Å². The molecular weight excluding hydrogens is 424 g/mol. The summed E-state index contributed by atoms with van der Waals surface area (Å²) < 4.78 is 0. The second kappa shape index (κ2) is 22.7. The second-order valence-electron chi connectivity index (χ2n) is 9.85. The number of unbranched alkanes of at least 4 members (excludes halogenated alkanes) is 18. The van der Waals surface area contributed by atoms with E-state index in [1.807, 2.05) is 0 Å². The molecule has 2 heteroatoms. The molecule has 186 valence electrons. The molecule has 0 atom stereocenters. The summed E-state index contributed by atoms with van der Waals surface area (Å²) in [6.07, 6.45) is 30.8. The fourth-order valence-electron chi connectivity index (χ4n) is 4.81. The molecule has 0 saturated heterocycles. The quantitative estimate of drug-likeness (QED) is 0.0926. The summed E-state index contributed by atoms with van der Waals surface area (Å²) in [7, 11) is 1.64. The molecule has 0 fully saturated rings. The van der Waals surface area contributed by atoms with Crippen LogP contribution in [0.2, 0.25) is 0 Å². The van der Waals surface area contributed by atoms with E-state index in [2.05, 4.69) is 43.7 Å². The summed E-state index contributed by atoms with van der Waals surface area (Å²) in [6.45, 7) is 4.60. The lowest BCUT2D eigenvalue weighted by atomic mass is 9.96. The van der Waals surface area contributed by atoms with Gasteiger partial charge in [0.25, 0.3) is 0 Å². The lowest BCUT2D eigenvalue weighted by molar-refractivity contribution is 0.552. The molecule has 1 rings (SSSR count). The Morgan fingerprint density at radius 1 is 0.531 bits per heavy atom. The monoisotopic (exact) mass is 478 g/mol. The molecule has 0 aromatic heterocycles. The molecule has 0 heterocycles. The number of hydrogen-bond donors (Lipinski definition) is 1. The van der Waals surface area contributed by atoms with E-state index >= 15 is 0 Å².